The van der Waals surface area contributed by atoms with E-state index in [0.29, 0.717) is 0 Å². The molecule has 0 radical (unpaired) electrons. The molecule has 1 aromatic rings. The van der Waals surface area contributed by atoms with E-state index in [1.165, 1.54) is 31.6 Å². The first kappa shape index (κ1) is 13.6. The molecule has 0 spiro atoms. The SMILES string of the molecule is CC(CN(C)C)C1CCN(Cc2ccccc2)C1. The van der Waals surface area contributed by atoms with Crippen molar-refractivity contribution in [2.45, 2.75) is 19.9 Å². The smallest absolute Gasteiger partial charge is 0.0233 e. The van der Waals surface area contributed by atoms with Gasteiger partial charge in [0.05, 0.1) is 0 Å². The minimum absolute atomic E-state index is 0.806. The molecule has 2 nitrogen and oxygen atoms in total. The van der Waals surface area contributed by atoms with Gasteiger partial charge >= 0.3 is 0 Å². The molecule has 2 rings (SSSR count). The number of likely N-dealkylation sites (tertiary alicyclic amines) is 1. The first-order valence-corrected chi connectivity index (χ1v) is 7.06. The summed E-state index contributed by atoms with van der Waals surface area (Å²) in [7, 11) is 4.35. The summed E-state index contributed by atoms with van der Waals surface area (Å²) in [5.74, 6) is 1.68. The quantitative estimate of drug-likeness (QED) is 0.788. The summed E-state index contributed by atoms with van der Waals surface area (Å²) in [5.41, 5.74) is 1.44. The number of benzene rings is 1. The van der Waals surface area contributed by atoms with E-state index in [-0.39, 0.29) is 0 Å². The van der Waals surface area contributed by atoms with Gasteiger partial charge < -0.3 is 4.90 Å². The summed E-state index contributed by atoms with van der Waals surface area (Å²) in [6, 6.07) is 10.8. The number of nitrogens with zero attached hydrogens (tertiary/aromatic N) is 2. The van der Waals surface area contributed by atoms with Gasteiger partial charge in [-0.2, -0.15) is 0 Å². The fraction of sp³-hybridized carbons (Fsp3) is 0.625. The Morgan fingerprint density at radius 1 is 1.28 bits per heavy atom. The summed E-state index contributed by atoms with van der Waals surface area (Å²) in [5, 5.41) is 0. The predicted octanol–water partition coefficient (Wildman–Crippen LogP) is 2.71. The van der Waals surface area contributed by atoms with E-state index < -0.39 is 0 Å². The maximum Gasteiger partial charge on any atom is 0.0233 e. The summed E-state index contributed by atoms with van der Waals surface area (Å²) in [4.78, 5) is 4.91. The van der Waals surface area contributed by atoms with Crippen LogP contribution in [0.25, 0.3) is 0 Å². The lowest BCUT2D eigenvalue weighted by atomic mass is 9.93. The van der Waals surface area contributed by atoms with Gasteiger partial charge in [0, 0.05) is 19.6 Å². The lowest BCUT2D eigenvalue weighted by molar-refractivity contribution is 0.247. The molecule has 0 saturated carbocycles. The zero-order chi connectivity index (χ0) is 13.0. The molecule has 1 aliphatic rings. The van der Waals surface area contributed by atoms with Gasteiger partial charge in [-0.1, -0.05) is 37.3 Å². The van der Waals surface area contributed by atoms with Gasteiger partial charge in [0.2, 0.25) is 0 Å². The zero-order valence-corrected chi connectivity index (χ0v) is 12.0. The van der Waals surface area contributed by atoms with E-state index in [9.17, 15) is 0 Å². The monoisotopic (exact) mass is 246 g/mol. The standard InChI is InChI=1S/C16H26N2/c1-14(11-17(2)3)16-9-10-18(13-16)12-15-7-5-4-6-8-15/h4-8,14,16H,9-13H2,1-3H3. The van der Waals surface area contributed by atoms with Gasteiger partial charge in [-0.25, -0.2) is 0 Å². The topological polar surface area (TPSA) is 6.48 Å². The highest BCUT2D eigenvalue weighted by Gasteiger charge is 2.26. The summed E-state index contributed by atoms with van der Waals surface area (Å²) >= 11 is 0. The lowest BCUT2D eigenvalue weighted by Gasteiger charge is -2.23. The average molecular weight is 246 g/mol. The molecule has 0 bridgehead atoms. The maximum atomic E-state index is 2.60. The Labute approximate surface area is 112 Å². The van der Waals surface area contributed by atoms with Gasteiger partial charge in [-0.3, -0.25) is 4.90 Å². The molecule has 1 aromatic carbocycles. The molecule has 2 atom stereocenters. The van der Waals surface area contributed by atoms with E-state index in [1.807, 2.05) is 0 Å². The van der Waals surface area contributed by atoms with Crippen LogP contribution in [0.3, 0.4) is 0 Å². The van der Waals surface area contributed by atoms with Gasteiger partial charge in [0.1, 0.15) is 0 Å². The highest BCUT2D eigenvalue weighted by atomic mass is 15.1. The van der Waals surface area contributed by atoms with Crippen molar-refractivity contribution in [1.82, 2.24) is 9.80 Å². The van der Waals surface area contributed by atoms with Gasteiger partial charge in [0.15, 0.2) is 0 Å². The van der Waals surface area contributed by atoms with Crippen LogP contribution in [0.1, 0.15) is 18.9 Å². The molecule has 0 aliphatic carbocycles. The lowest BCUT2D eigenvalue weighted by Crippen LogP contribution is -2.28. The van der Waals surface area contributed by atoms with Crippen molar-refractivity contribution >= 4 is 0 Å². The van der Waals surface area contributed by atoms with Crippen LogP contribution in [-0.2, 0) is 6.54 Å². The van der Waals surface area contributed by atoms with Crippen molar-refractivity contribution in [1.29, 1.82) is 0 Å². The Morgan fingerprint density at radius 3 is 2.67 bits per heavy atom. The van der Waals surface area contributed by atoms with Crippen molar-refractivity contribution in [2.24, 2.45) is 11.8 Å². The molecule has 1 saturated heterocycles. The molecule has 100 valence electrons. The maximum absolute atomic E-state index is 2.60. The third kappa shape index (κ3) is 3.82. The fourth-order valence-electron chi connectivity index (χ4n) is 3.04. The average Bonchev–Trinajstić information content (AvgIpc) is 2.78. The van der Waals surface area contributed by atoms with Crippen molar-refractivity contribution in [2.75, 3.05) is 33.7 Å². The Bertz CT molecular complexity index is 347. The van der Waals surface area contributed by atoms with Gasteiger partial charge in [0.25, 0.3) is 0 Å². The fourth-order valence-corrected chi connectivity index (χ4v) is 3.04. The van der Waals surface area contributed by atoms with E-state index in [4.69, 9.17) is 0 Å². The van der Waals surface area contributed by atoms with Crippen LogP contribution in [-0.4, -0.2) is 43.5 Å². The summed E-state index contributed by atoms with van der Waals surface area (Å²) in [6.07, 6.45) is 1.36. The van der Waals surface area contributed by atoms with Gasteiger partial charge in [-0.15, -0.1) is 0 Å². The van der Waals surface area contributed by atoms with Crippen LogP contribution in [0, 0.1) is 11.8 Å². The van der Waals surface area contributed by atoms with E-state index >= 15 is 0 Å². The normalized spacial score (nSPS) is 22.6. The molecule has 1 fully saturated rings. The largest absolute Gasteiger partial charge is 0.309 e. The van der Waals surface area contributed by atoms with Crippen molar-refractivity contribution in [3.63, 3.8) is 0 Å². The first-order chi connectivity index (χ1) is 8.65. The minimum atomic E-state index is 0.806. The highest BCUT2D eigenvalue weighted by Crippen LogP contribution is 2.25. The molecule has 1 aliphatic heterocycles. The Kier molecular flexibility index (Phi) is 4.79. The molecule has 1 heterocycles. The van der Waals surface area contributed by atoms with E-state index in [0.717, 1.165) is 18.4 Å². The highest BCUT2D eigenvalue weighted by molar-refractivity contribution is 5.14. The second-order valence-corrected chi connectivity index (χ2v) is 6.01. The summed E-state index contributed by atoms with van der Waals surface area (Å²) < 4.78 is 0. The minimum Gasteiger partial charge on any atom is -0.309 e. The Morgan fingerprint density at radius 2 is 2.00 bits per heavy atom. The number of rotatable bonds is 5. The number of hydrogen-bond donors (Lipinski definition) is 0. The predicted molar refractivity (Wildman–Crippen MR) is 77.5 cm³/mol. The molecule has 0 aromatic heterocycles. The molecule has 2 heteroatoms. The van der Waals surface area contributed by atoms with Gasteiger partial charge in [-0.05, 0) is 44.5 Å². The van der Waals surface area contributed by atoms with E-state index in [2.05, 4.69) is 61.2 Å². The summed E-state index contributed by atoms with van der Waals surface area (Å²) in [6.45, 7) is 7.26. The Hall–Kier alpha value is -0.860. The van der Waals surface area contributed by atoms with Crippen LogP contribution < -0.4 is 0 Å². The second-order valence-electron chi connectivity index (χ2n) is 6.01. The Balaban J connectivity index is 1.81. The number of hydrogen-bond acceptors (Lipinski definition) is 2. The zero-order valence-electron chi connectivity index (χ0n) is 12.0. The molecule has 0 amide bonds. The van der Waals surface area contributed by atoms with Crippen molar-refractivity contribution in [3.8, 4) is 0 Å². The van der Waals surface area contributed by atoms with Crippen molar-refractivity contribution in [3.05, 3.63) is 35.9 Å². The molecular weight excluding hydrogens is 220 g/mol. The van der Waals surface area contributed by atoms with Crippen LogP contribution in [0.5, 0.6) is 0 Å². The van der Waals surface area contributed by atoms with Crippen molar-refractivity contribution < 1.29 is 0 Å². The second kappa shape index (κ2) is 6.35. The molecular formula is C16H26N2. The third-order valence-electron chi connectivity index (χ3n) is 4.02. The molecule has 18 heavy (non-hydrogen) atoms. The van der Waals surface area contributed by atoms with Crippen LogP contribution in [0.4, 0.5) is 0 Å². The van der Waals surface area contributed by atoms with Crippen LogP contribution in [0.15, 0.2) is 30.3 Å². The molecule has 0 N–H and O–H groups in total. The van der Waals surface area contributed by atoms with Crippen LogP contribution >= 0.6 is 0 Å². The van der Waals surface area contributed by atoms with Crippen LogP contribution in [0.2, 0.25) is 0 Å². The molecule has 2 unspecified atom stereocenters. The third-order valence-corrected chi connectivity index (χ3v) is 4.02. The van der Waals surface area contributed by atoms with E-state index in [1.54, 1.807) is 0 Å². The first-order valence-electron chi connectivity index (χ1n) is 7.06.